The van der Waals surface area contributed by atoms with Gasteiger partial charge in [-0.2, -0.15) is 0 Å². The van der Waals surface area contributed by atoms with Gasteiger partial charge in [0.25, 0.3) is 0 Å². The molecule has 0 aliphatic carbocycles. The van der Waals surface area contributed by atoms with Gasteiger partial charge in [-0.25, -0.2) is 4.57 Å². The summed E-state index contributed by atoms with van der Waals surface area (Å²) in [5.41, 5.74) is 5.36. The van der Waals surface area contributed by atoms with Gasteiger partial charge in [-0.05, 0) is 83.5 Å². The largest absolute Gasteiger partial charge is 0.472 e. The topological polar surface area (TPSA) is 134 Å². The molecule has 0 amide bonds. The molecule has 0 radical (unpaired) electrons. The first kappa shape index (κ1) is 59.5. The molecule has 0 saturated heterocycles. The minimum Gasteiger partial charge on any atom is -0.462 e. The number of unbranched alkanes of at least 4 members (excludes halogenated alkanes) is 21. The summed E-state index contributed by atoms with van der Waals surface area (Å²) in [6.45, 7) is 3.59. The van der Waals surface area contributed by atoms with Crippen molar-refractivity contribution >= 4 is 19.8 Å². The van der Waals surface area contributed by atoms with Crippen LogP contribution in [0.2, 0.25) is 0 Å². The van der Waals surface area contributed by atoms with Gasteiger partial charge in [-0.1, -0.05) is 189 Å². The van der Waals surface area contributed by atoms with Crippen LogP contribution in [0.25, 0.3) is 0 Å². The first-order chi connectivity index (χ1) is 30.3. The number of esters is 2. The zero-order valence-corrected chi connectivity index (χ0v) is 40.5. The third-order valence-electron chi connectivity index (χ3n) is 10.3. The zero-order valence-electron chi connectivity index (χ0n) is 39.6. The number of allylic oxidation sites excluding steroid dienone is 12. The Hall–Kier alpha value is -2.55. The highest BCUT2D eigenvalue weighted by molar-refractivity contribution is 7.47. The van der Waals surface area contributed by atoms with Gasteiger partial charge in [-0.3, -0.25) is 18.6 Å². The number of carbonyl (C=O) groups is 2. The highest BCUT2D eigenvalue weighted by Crippen LogP contribution is 2.43. The van der Waals surface area contributed by atoms with Crippen LogP contribution in [0.3, 0.4) is 0 Å². The van der Waals surface area contributed by atoms with Crippen molar-refractivity contribution in [1.82, 2.24) is 0 Å². The van der Waals surface area contributed by atoms with Crippen LogP contribution in [0.4, 0.5) is 0 Å². The van der Waals surface area contributed by atoms with E-state index in [1.165, 1.54) is 89.9 Å². The summed E-state index contributed by atoms with van der Waals surface area (Å²) in [6.07, 6.45) is 59.5. The normalized spacial score (nSPS) is 13.8. The molecule has 3 N–H and O–H groups in total. The highest BCUT2D eigenvalue weighted by Gasteiger charge is 2.26. The van der Waals surface area contributed by atoms with Crippen LogP contribution in [0.1, 0.15) is 213 Å². The lowest BCUT2D eigenvalue weighted by Crippen LogP contribution is -2.29. The average Bonchev–Trinajstić information content (AvgIpc) is 3.26. The molecule has 0 rings (SSSR count). The Labute approximate surface area is 380 Å². The summed E-state index contributed by atoms with van der Waals surface area (Å²) in [7, 11) is -4.38. The van der Waals surface area contributed by atoms with Crippen molar-refractivity contribution in [3.05, 3.63) is 72.9 Å². The van der Waals surface area contributed by atoms with E-state index in [1.807, 2.05) is 0 Å². The predicted octanol–water partition coefficient (Wildman–Crippen LogP) is 15.0. The number of ether oxygens (including phenoxy) is 2. The number of rotatable bonds is 46. The SMILES string of the molecule is CC/C=C\C/C=C\C/C=C\C/C=C\C/C=C\CCCCCCCCCCCCCCCC(=O)OC(COC(=O)CCCCCCC/C=C\CCCCC)COP(=O)(O)OCCN. The Morgan fingerprint density at radius 1 is 0.500 bits per heavy atom. The fraction of sp³-hybridized carbons (Fsp3) is 0.731. The molecule has 358 valence electrons. The van der Waals surface area contributed by atoms with Crippen molar-refractivity contribution in [3.63, 3.8) is 0 Å². The van der Waals surface area contributed by atoms with Crippen molar-refractivity contribution in [2.45, 2.75) is 219 Å². The lowest BCUT2D eigenvalue weighted by atomic mass is 10.0. The zero-order chi connectivity index (χ0) is 45.3. The van der Waals surface area contributed by atoms with Gasteiger partial charge in [0.2, 0.25) is 0 Å². The van der Waals surface area contributed by atoms with E-state index in [4.69, 9.17) is 24.3 Å². The molecular weight excluding hydrogens is 798 g/mol. The van der Waals surface area contributed by atoms with Crippen molar-refractivity contribution in [2.75, 3.05) is 26.4 Å². The summed E-state index contributed by atoms with van der Waals surface area (Å²) in [6, 6.07) is 0. The maximum atomic E-state index is 12.6. The molecule has 2 atom stereocenters. The fourth-order valence-electron chi connectivity index (χ4n) is 6.66. The lowest BCUT2D eigenvalue weighted by molar-refractivity contribution is -0.161. The Kier molecular flexibility index (Phi) is 45.9. The number of hydrogen-bond donors (Lipinski definition) is 2. The average molecular weight is 890 g/mol. The molecule has 10 heteroatoms. The quantitative estimate of drug-likeness (QED) is 0.0265. The summed E-state index contributed by atoms with van der Waals surface area (Å²) in [4.78, 5) is 34.9. The minimum atomic E-state index is -4.38. The van der Waals surface area contributed by atoms with Crippen LogP contribution in [-0.2, 0) is 32.7 Å². The Morgan fingerprint density at radius 2 is 0.887 bits per heavy atom. The molecule has 0 aromatic heterocycles. The minimum absolute atomic E-state index is 0.0500. The van der Waals surface area contributed by atoms with Gasteiger partial charge in [0.1, 0.15) is 6.61 Å². The smallest absolute Gasteiger partial charge is 0.462 e. The molecule has 62 heavy (non-hydrogen) atoms. The summed E-state index contributed by atoms with van der Waals surface area (Å²) in [5, 5.41) is 0. The molecule has 0 aromatic rings. The summed E-state index contributed by atoms with van der Waals surface area (Å²) < 4.78 is 32.8. The molecule has 0 bridgehead atoms. The maximum Gasteiger partial charge on any atom is 0.472 e. The monoisotopic (exact) mass is 890 g/mol. The van der Waals surface area contributed by atoms with E-state index < -0.39 is 32.5 Å². The van der Waals surface area contributed by atoms with Crippen LogP contribution >= 0.6 is 7.82 Å². The van der Waals surface area contributed by atoms with E-state index in [1.54, 1.807) is 0 Å². The Bertz CT molecular complexity index is 1240. The van der Waals surface area contributed by atoms with Gasteiger partial charge in [-0.15, -0.1) is 0 Å². The van der Waals surface area contributed by atoms with Gasteiger partial charge >= 0.3 is 19.8 Å². The molecule has 0 aliphatic rings. The Balaban J connectivity index is 3.98. The van der Waals surface area contributed by atoms with Crippen LogP contribution in [0.15, 0.2) is 72.9 Å². The first-order valence-corrected chi connectivity index (χ1v) is 26.4. The van der Waals surface area contributed by atoms with Crippen molar-refractivity contribution in [2.24, 2.45) is 5.73 Å². The third-order valence-corrected chi connectivity index (χ3v) is 11.3. The predicted molar refractivity (Wildman–Crippen MR) is 261 cm³/mol. The van der Waals surface area contributed by atoms with Crippen LogP contribution < -0.4 is 5.73 Å². The van der Waals surface area contributed by atoms with E-state index >= 15 is 0 Å². The van der Waals surface area contributed by atoms with E-state index in [2.05, 4.69) is 86.8 Å². The Morgan fingerprint density at radius 3 is 1.34 bits per heavy atom. The maximum absolute atomic E-state index is 12.6. The standard InChI is InChI=1S/C52H92NO8P/c1-3-5-7-9-11-13-15-17-18-19-20-21-22-23-24-25-26-27-28-29-30-31-32-33-35-37-39-41-43-45-52(55)61-50(49-60-62(56,57)59-47-46-53)48-58-51(54)44-42-40-38-36-34-16-14-12-10-8-6-4-2/h5,7,11-14,17-18,20-21,23-24,50H,3-4,6,8-10,15-16,19,22,25-49,53H2,1-2H3,(H,56,57)/b7-5-,13-11-,14-12-,18-17-,21-20-,24-23-. The van der Waals surface area contributed by atoms with Crippen molar-refractivity contribution in [3.8, 4) is 0 Å². The number of hydrogen-bond acceptors (Lipinski definition) is 8. The molecule has 0 spiro atoms. The van der Waals surface area contributed by atoms with Gasteiger partial charge in [0.15, 0.2) is 6.10 Å². The first-order valence-electron chi connectivity index (χ1n) is 24.9. The van der Waals surface area contributed by atoms with Crippen LogP contribution in [-0.4, -0.2) is 49.3 Å². The highest BCUT2D eigenvalue weighted by atomic mass is 31.2. The van der Waals surface area contributed by atoms with E-state index in [-0.39, 0.29) is 32.6 Å². The van der Waals surface area contributed by atoms with E-state index in [9.17, 15) is 19.0 Å². The number of phosphoric acid groups is 1. The molecule has 9 nitrogen and oxygen atoms in total. The fourth-order valence-corrected chi connectivity index (χ4v) is 7.42. The number of phosphoric ester groups is 1. The molecule has 0 heterocycles. The molecular formula is C52H92NO8P. The van der Waals surface area contributed by atoms with Crippen LogP contribution in [0.5, 0.6) is 0 Å². The molecule has 0 fully saturated rings. The second-order valence-corrected chi connectivity index (χ2v) is 17.8. The van der Waals surface area contributed by atoms with Gasteiger partial charge in [0.05, 0.1) is 13.2 Å². The van der Waals surface area contributed by atoms with Crippen molar-refractivity contribution in [1.29, 1.82) is 0 Å². The van der Waals surface area contributed by atoms with Gasteiger partial charge < -0.3 is 20.1 Å². The van der Waals surface area contributed by atoms with E-state index in [0.29, 0.717) is 6.42 Å². The van der Waals surface area contributed by atoms with Crippen molar-refractivity contribution < 1.29 is 37.6 Å². The van der Waals surface area contributed by atoms with E-state index in [0.717, 1.165) is 89.9 Å². The summed E-state index contributed by atoms with van der Waals surface area (Å²) >= 11 is 0. The molecule has 0 aromatic carbocycles. The molecule has 0 aliphatic heterocycles. The number of nitrogens with two attached hydrogens (primary N) is 1. The molecule has 0 saturated carbocycles. The number of carbonyl (C=O) groups excluding carboxylic acids is 2. The second kappa shape index (κ2) is 47.9. The molecule has 2 unspecified atom stereocenters. The van der Waals surface area contributed by atoms with Crippen LogP contribution in [0, 0.1) is 0 Å². The summed E-state index contributed by atoms with van der Waals surface area (Å²) in [5.74, 6) is -0.841. The second-order valence-electron chi connectivity index (χ2n) is 16.3. The third kappa shape index (κ3) is 46.9. The lowest BCUT2D eigenvalue weighted by Gasteiger charge is -2.19. The van der Waals surface area contributed by atoms with Gasteiger partial charge in [0, 0.05) is 19.4 Å².